The smallest absolute Gasteiger partial charge is 0.190 e. The molecule has 0 radical (unpaired) electrons. The van der Waals surface area contributed by atoms with Crippen molar-refractivity contribution in [1.82, 2.24) is 10.6 Å². The standard InChI is InChI=1S/C14H23N3O2.HI/c1-15-14(16-8-6-12-4-2-10-18-12)17-9-7-13-5-3-11-19-13;/h2,4,10,13H,3,5-9,11H2,1H3,(H2,15,16,17);1H. The molecule has 2 N–H and O–H groups in total. The second-order valence-corrected chi connectivity index (χ2v) is 4.68. The number of hydrogen-bond acceptors (Lipinski definition) is 3. The van der Waals surface area contributed by atoms with Crippen molar-refractivity contribution in [3.63, 3.8) is 0 Å². The van der Waals surface area contributed by atoms with E-state index in [4.69, 9.17) is 9.15 Å². The van der Waals surface area contributed by atoms with Crippen LogP contribution in [-0.4, -0.2) is 38.8 Å². The fourth-order valence-corrected chi connectivity index (χ4v) is 2.20. The summed E-state index contributed by atoms with van der Waals surface area (Å²) < 4.78 is 10.9. The van der Waals surface area contributed by atoms with Gasteiger partial charge in [0, 0.05) is 33.2 Å². The molecule has 1 fully saturated rings. The van der Waals surface area contributed by atoms with Crippen LogP contribution in [0.4, 0.5) is 0 Å². The molecule has 20 heavy (non-hydrogen) atoms. The fraction of sp³-hybridized carbons (Fsp3) is 0.643. The molecule has 0 amide bonds. The molecule has 1 atom stereocenters. The Morgan fingerprint density at radius 1 is 1.40 bits per heavy atom. The molecule has 1 unspecified atom stereocenters. The van der Waals surface area contributed by atoms with Crippen LogP contribution in [0.3, 0.4) is 0 Å². The van der Waals surface area contributed by atoms with E-state index < -0.39 is 0 Å². The van der Waals surface area contributed by atoms with Gasteiger partial charge in [0.25, 0.3) is 0 Å². The maximum Gasteiger partial charge on any atom is 0.190 e. The average Bonchev–Trinajstić information content (AvgIpc) is 3.10. The number of aliphatic imine (C=N–C) groups is 1. The van der Waals surface area contributed by atoms with Crippen molar-refractivity contribution < 1.29 is 9.15 Å². The molecule has 1 aliphatic rings. The summed E-state index contributed by atoms with van der Waals surface area (Å²) in [7, 11) is 1.79. The summed E-state index contributed by atoms with van der Waals surface area (Å²) in [6.45, 7) is 2.62. The first-order valence-corrected chi connectivity index (χ1v) is 6.97. The molecule has 0 aliphatic carbocycles. The molecular formula is C14H24IN3O2. The number of hydrogen-bond donors (Lipinski definition) is 2. The molecule has 1 aromatic rings. The zero-order chi connectivity index (χ0) is 13.3. The lowest BCUT2D eigenvalue weighted by Gasteiger charge is -2.13. The molecule has 1 saturated heterocycles. The second-order valence-electron chi connectivity index (χ2n) is 4.68. The van der Waals surface area contributed by atoms with E-state index in [0.29, 0.717) is 6.10 Å². The highest BCUT2D eigenvalue weighted by Crippen LogP contribution is 2.14. The summed E-state index contributed by atoms with van der Waals surface area (Å²) >= 11 is 0. The molecule has 114 valence electrons. The summed E-state index contributed by atoms with van der Waals surface area (Å²) in [5.74, 6) is 1.83. The Kier molecular flexibility index (Phi) is 8.68. The Bertz CT molecular complexity index is 376. The first-order chi connectivity index (χ1) is 9.38. The molecule has 0 spiro atoms. The molecule has 2 heterocycles. The van der Waals surface area contributed by atoms with Crippen LogP contribution < -0.4 is 10.6 Å². The third-order valence-corrected chi connectivity index (χ3v) is 3.25. The van der Waals surface area contributed by atoms with Gasteiger partial charge in [-0.15, -0.1) is 24.0 Å². The molecule has 0 bridgehead atoms. The van der Waals surface area contributed by atoms with Crippen molar-refractivity contribution in [2.45, 2.75) is 31.8 Å². The van der Waals surface area contributed by atoms with Crippen LogP contribution in [0.5, 0.6) is 0 Å². The van der Waals surface area contributed by atoms with E-state index in [1.54, 1.807) is 13.3 Å². The zero-order valence-electron chi connectivity index (χ0n) is 11.9. The molecular weight excluding hydrogens is 369 g/mol. The zero-order valence-corrected chi connectivity index (χ0v) is 14.3. The highest BCUT2D eigenvalue weighted by atomic mass is 127. The Hall–Kier alpha value is -0.760. The maximum absolute atomic E-state index is 5.59. The SMILES string of the molecule is CN=C(NCCc1ccco1)NCCC1CCCO1.I. The third-order valence-electron chi connectivity index (χ3n) is 3.25. The van der Waals surface area contributed by atoms with Gasteiger partial charge in [-0.2, -0.15) is 0 Å². The quantitative estimate of drug-likeness (QED) is 0.442. The third kappa shape index (κ3) is 6.13. The number of guanidine groups is 1. The Morgan fingerprint density at radius 2 is 2.25 bits per heavy atom. The Morgan fingerprint density at radius 3 is 2.90 bits per heavy atom. The molecule has 2 rings (SSSR count). The van der Waals surface area contributed by atoms with Gasteiger partial charge in [-0.1, -0.05) is 0 Å². The lowest BCUT2D eigenvalue weighted by molar-refractivity contribution is 0.105. The largest absolute Gasteiger partial charge is 0.469 e. The molecule has 5 nitrogen and oxygen atoms in total. The topological polar surface area (TPSA) is 58.8 Å². The molecule has 1 aliphatic heterocycles. The first kappa shape index (κ1) is 17.3. The highest BCUT2D eigenvalue weighted by molar-refractivity contribution is 14.0. The average molecular weight is 393 g/mol. The summed E-state index contributed by atoms with van der Waals surface area (Å²) in [6, 6.07) is 3.89. The van der Waals surface area contributed by atoms with Crippen LogP contribution in [0.2, 0.25) is 0 Å². The van der Waals surface area contributed by atoms with Crippen LogP contribution in [0.1, 0.15) is 25.0 Å². The van der Waals surface area contributed by atoms with Crippen LogP contribution >= 0.6 is 24.0 Å². The predicted octanol–water partition coefficient (Wildman–Crippen LogP) is 2.17. The minimum atomic E-state index is 0. The van der Waals surface area contributed by atoms with E-state index in [2.05, 4.69) is 15.6 Å². The van der Waals surface area contributed by atoms with Crippen molar-refractivity contribution in [2.75, 3.05) is 26.7 Å². The lowest BCUT2D eigenvalue weighted by Crippen LogP contribution is -2.39. The molecule has 0 saturated carbocycles. The predicted molar refractivity (Wildman–Crippen MR) is 90.8 cm³/mol. The highest BCUT2D eigenvalue weighted by Gasteiger charge is 2.14. The van der Waals surface area contributed by atoms with E-state index in [0.717, 1.165) is 44.3 Å². The van der Waals surface area contributed by atoms with Crippen molar-refractivity contribution in [1.29, 1.82) is 0 Å². The van der Waals surface area contributed by atoms with E-state index in [-0.39, 0.29) is 24.0 Å². The van der Waals surface area contributed by atoms with Gasteiger partial charge >= 0.3 is 0 Å². The maximum atomic E-state index is 5.59. The van der Waals surface area contributed by atoms with Gasteiger partial charge in [0.2, 0.25) is 0 Å². The summed E-state index contributed by atoms with van der Waals surface area (Å²) in [4.78, 5) is 4.19. The van der Waals surface area contributed by atoms with Crippen molar-refractivity contribution in [2.24, 2.45) is 4.99 Å². The molecule has 6 heteroatoms. The van der Waals surface area contributed by atoms with Gasteiger partial charge in [0.15, 0.2) is 5.96 Å². The summed E-state index contributed by atoms with van der Waals surface area (Å²) in [5, 5.41) is 6.58. The van der Waals surface area contributed by atoms with E-state index in [1.807, 2.05) is 12.1 Å². The number of furan rings is 1. The van der Waals surface area contributed by atoms with Gasteiger partial charge in [0.05, 0.1) is 12.4 Å². The van der Waals surface area contributed by atoms with Crippen molar-refractivity contribution in [3.05, 3.63) is 24.2 Å². The van der Waals surface area contributed by atoms with E-state index in [1.165, 1.54) is 12.8 Å². The number of rotatable bonds is 6. The number of nitrogens with one attached hydrogen (secondary N) is 2. The monoisotopic (exact) mass is 393 g/mol. The van der Waals surface area contributed by atoms with E-state index >= 15 is 0 Å². The van der Waals surface area contributed by atoms with Gasteiger partial charge in [-0.25, -0.2) is 0 Å². The van der Waals surface area contributed by atoms with Gasteiger partial charge < -0.3 is 19.8 Å². The summed E-state index contributed by atoms with van der Waals surface area (Å²) in [6.07, 6.45) is 6.41. The van der Waals surface area contributed by atoms with Crippen LogP contribution in [0.15, 0.2) is 27.8 Å². The fourth-order valence-electron chi connectivity index (χ4n) is 2.20. The van der Waals surface area contributed by atoms with Crippen molar-refractivity contribution in [3.8, 4) is 0 Å². The van der Waals surface area contributed by atoms with Gasteiger partial charge in [0.1, 0.15) is 5.76 Å². The number of nitrogens with zero attached hydrogens (tertiary/aromatic N) is 1. The van der Waals surface area contributed by atoms with Crippen LogP contribution in [-0.2, 0) is 11.2 Å². The van der Waals surface area contributed by atoms with Gasteiger partial charge in [-0.05, 0) is 31.4 Å². The van der Waals surface area contributed by atoms with E-state index in [9.17, 15) is 0 Å². The number of ether oxygens (including phenoxy) is 1. The molecule has 0 aromatic carbocycles. The Balaban J connectivity index is 0.00000200. The minimum Gasteiger partial charge on any atom is -0.469 e. The normalized spacial score (nSPS) is 18.6. The van der Waals surface area contributed by atoms with Crippen molar-refractivity contribution >= 4 is 29.9 Å². The van der Waals surface area contributed by atoms with Crippen LogP contribution in [0.25, 0.3) is 0 Å². The van der Waals surface area contributed by atoms with Gasteiger partial charge in [-0.3, -0.25) is 4.99 Å². The minimum absolute atomic E-state index is 0. The molecule has 1 aromatic heterocycles. The first-order valence-electron chi connectivity index (χ1n) is 6.97. The number of halogens is 1. The second kappa shape index (κ2) is 10.0. The lowest BCUT2D eigenvalue weighted by atomic mass is 10.2. The summed E-state index contributed by atoms with van der Waals surface area (Å²) in [5.41, 5.74) is 0. The van der Waals surface area contributed by atoms with Crippen LogP contribution in [0, 0.1) is 0 Å². The Labute approximate surface area is 137 Å².